The molecule has 0 bridgehead atoms. The van der Waals surface area contributed by atoms with Gasteiger partial charge in [-0.2, -0.15) is 0 Å². The number of nitrogens with one attached hydrogen (secondary N) is 1. The van der Waals surface area contributed by atoms with Crippen LogP contribution in [0.2, 0.25) is 5.02 Å². The van der Waals surface area contributed by atoms with Gasteiger partial charge < -0.3 is 9.80 Å². The number of hydrogen-bond donors (Lipinski definition) is 1. The molecule has 0 amide bonds. The van der Waals surface area contributed by atoms with Crippen molar-refractivity contribution in [3.63, 3.8) is 0 Å². The fourth-order valence-electron chi connectivity index (χ4n) is 5.08. The normalized spacial score (nSPS) is 17.8. The second kappa shape index (κ2) is 12.8. The summed E-state index contributed by atoms with van der Waals surface area (Å²) in [6.45, 7) is 7.17. The molecule has 34 heavy (non-hydrogen) atoms. The Labute approximate surface area is 214 Å². The van der Waals surface area contributed by atoms with Crippen molar-refractivity contribution in [2.75, 3.05) is 62.7 Å². The molecule has 2 saturated heterocycles. The molecular weight excluding hydrogens is 464 g/mol. The number of halogens is 1. The lowest BCUT2D eigenvalue weighted by Gasteiger charge is -2.36. The van der Waals surface area contributed by atoms with E-state index in [0.717, 1.165) is 88.6 Å². The minimum absolute atomic E-state index is 0.446. The summed E-state index contributed by atoms with van der Waals surface area (Å²) in [6, 6.07) is 16.8. The fraction of sp³-hybridized carbons (Fsp3) is 0.519. The maximum atomic E-state index is 12.6. The molecular formula is C27H37ClN4OS. The van der Waals surface area contributed by atoms with Crippen molar-refractivity contribution < 1.29 is 4.79 Å². The van der Waals surface area contributed by atoms with Crippen LogP contribution in [0.5, 0.6) is 0 Å². The highest BCUT2D eigenvalue weighted by atomic mass is 35.5. The quantitative estimate of drug-likeness (QED) is 0.444. The SMILES string of the molecule is CNSc1ccc(N2CCC(CC(=O)CCCN3CCN(c4ccccc4Cl)CC3)CC2)cc1. The molecule has 0 atom stereocenters. The third kappa shape index (κ3) is 7.14. The number of para-hydroxylation sites is 1. The molecule has 0 aliphatic carbocycles. The highest BCUT2D eigenvalue weighted by molar-refractivity contribution is 7.97. The molecule has 2 aliphatic heterocycles. The topological polar surface area (TPSA) is 38.8 Å². The Kier molecular flexibility index (Phi) is 9.57. The highest BCUT2D eigenvalue weighted by Crippen LogP contribution is 2.28. The van der Waals surface area contributed by atoms with E-state index in [-0.39, 0.29) is 0 Å². The maximum absolute atomic E-state index is 12.6. The van der Waals surface area contributed by atoms with Crippen LogP contribution >= 0.6 is 23.5 Å². The van der Waals surface area contributed by atoms with Crippen molar-refractivity contribution in [2.45, 2.75) is 37.0 Å². The first-order valence-corrected chi connectivity index (χ1v) is 13.7. The first-order valence-electron chi connectivity index (χ1n) is 12.5. The van der Waals surface area contributed by atoms with E-state index in [2.05, 4.69) is 49.8 Å². The van der Waals surface area contributed by atoms with Gasteiger partial charge in [-0.1, -0.05) is 23.7 Å². The average Bonchev–Trinajstić information content (AvgIpc) is 2.86. The third-order valence-corrected chi connectivity index (χ3v) is 8.08. The third-order valence-electron chi connectivity index (χ3n) is 7.05. The molecule has 2 fully saturated rings. The number of carbonyl (C=O) groups is 1. The van der Waals surface area contributed by atoms with Crippen LogP contribution in [0.1, 0.15) is 32.1 Å². The number of ketones is 1. The molecule has 0 unspecified atom stereocenters. The number of Topliss-reactive ketones (excluding diaryl/α,β-unsaturated/α-hetero) is 1. The van der Waals surface area contributed by atoms with Gasteiger partial charge in [0.05, 0.1) is 10.7 Å². The summed E-state index contributed by atoms with van der Waals surface area (Å²) in [7, 11) is 1.94. The number of hydrogen-bond acceptors (Lipinski definition) is 6. The summed E-state index contributed by atoms with van der Waals surface area (Å²) in [4.78, 5) is 21.2. The first-order chi connectivity index (χ1) is 16.6. The van der Waals surface area contributed by atoms with Crippen molar-refractivity contribution in [1.82, 2.24) is 9.62 Å². The number of piperazine rings is 1. The molecule has 0 spiro atoms. The van der Waals surface area contributed by atoms with Crippen LogP contribution in [-0.2, 0) is 4.79 Å². The maximum Gasteiger partial charge on any atom is 0.133 e. The molecule has 2 aliphatic rings. The van der Waals surface area contributed by atoms with Gasteiger partial charge in [-0.25, -0.2) is 0 Å². The zero-order valence-electron chi connectivity index (χ0n) is 20.2. The summed E-state index contributed by atoms with van der Waals surface area (Å²) >= 11 is 7.99. The molecule has 0 saturated carbocycles. The van der Waals surface area contributed by atoms with Crippen LogP contribution in [0, 0.1) is 5.92 Å². The first kappa shape index (κ1) is 25.4. The Morgan fingerprint density at radius 1 is 0.971 bits per heavy atom. The van der Waals surface area contributed by atoms with E-state index in [1.54, 1.807) is 11.9 Å². The lowest BCUT2D eigenvalue weighted by molar-refractivity contribution is -0.120. The fourth-order valence-corrected chi connectivity index (χ4v) is 5.85. The van der Waals surface area contributed by atoms with Crippen LogP contribution in [-0.4, -0.2) is 63.5 Å². The van der Waals surface area contributed by atoms with E-state index in [1.807, 2.05) is 25.2 Å². The molecule has 0 aromatic heterocycles. The zero-order valence-corrected chi connectivity index (χ0v) is 21.8. The lowest BCUT2D eigenvalue weighted by Crippen LogP contribution is -2.46. The number of anilines is 2. The number of carbonyl (C=O) groups excluding carboxylic acids is 1. The van der Waals surface area contributed by atoms with Crippen LogP contribution in [0.3, 0.4) is 0 Å². The van der Waals surface area contributed by atoms with Crippen molar-refractivity contribution in [1.29, 1.82) is 0 Å². The van der Waals surface area contributed by atoms with Gasteiger partial charge in [-0.15, -0.1) is 0 Å². The van der Waals surface area contributed by atoms with Gasteiger partial charge >= 0.3 is 0 Å². The number of piperidine rings is 1. The predicted octanol–water partition coefficient (Wildman–Crippen LogP) is 5.34. The van der Waals surface area contributed by atoms with Gasteiger partial charge in [-0.3, -0.25) is 14.4 Å². The Morgan fingerprint density at radius 3 is 2.35 bits per heavy atom. The highest BCUT2D eigenvalue weighted by Gasteiger charge is 2.22. The van der Waals surface area contributed by atoms with Gasteiger partial charge in [-0.05, 0) is 87.1 Å². The monoisotopic (exact) mass is 500 g/mol. The van der Waals surface area contributed by atoms with Gasteiger partial charge in [0, 0.05) is 62.7 Å². The van der Waals surface area contributed by atoms with Gasteiger partial charge in [0.15, 0.2) is 0 Å². The summed E-state index contributed by atoms with van der Waals surface area (Å²) in [5, 5.41) is 0.828. The minimum Gasteiger partial charge on any atom is -0.372 e. The largest absolute Gasteiger partial charge is 0.372 e. The van der Waals surface area contributed by atoms with Gasteiger partial charge in [0.2, 0.25) is 0 Å². The minimum atomic E-state index is 0.446. The van der Waals surface area contributed by atoms with Gasteiger partial charge in [0.25, 0.3) is 0 Å². The second-order valence-electron chi connectivity index (χ2n) is 9.36. The molecule has 4 rings (SSSR count). The zero-order chi connectivity index (χ0) is 23.8. The van der Waals surface area contributed by atoms with Crippen molar-refractivity contribution in [3.05, 3.63) is 53.6 Å². The lowest BCUT2D eigenvalue weighted by atomic mass is 9.90. The summed E-state index contributed by atoms with van der Waals surface area (Å²) in [6.07, 6.45) is 4.67. The number of nitrogens with zero attached hydrogens (tertiary/aromatic N) is 3. The summed E-state index contributed by atoms with van der Waals surface area (Å²) in [5.74, 6) is 0.989. The van der Waals surface area contributed by atoms with Crippen molar-refractivity contribution >= 4 is 40.7 Å². The van der Waals surface area contributed by atoms with E-state index in [9.17, 15) is 4.79 Å². The second-order valence-corrected chi connectivity index (χ2v) is 10.8. The molecule has 5 nitrogen and oxygen atoms in total. The standard InChI is InChI=1S/C27H37ClN4OS/c1-29-34-25-10-8-23(9-11-25)31-15-12-22(13-16-31)21-24(33)5-4-14-30-17-19-32(20-18-30)27-7-3-2-6-26(27)28/h2-3,6-11,22,29H,4-5,12-21H2,1H3. The molecule has 7 heteroatoms. The summed E-state index contributed by atoms with van der Waals surface area (Å²) in [5.41, 5.74) is 2.43. The Hall–Kier alpha value is -1.73. The Balaban J connectivity index is 1.10. The smallest absolute Gasteiger partial charge is 0.133 e. The van der Waals surface area contributed by atoms with Crippen LogP contribution < -0.4 is 14.5 Å². The Morgan fingerprint density at radius 2 is 1.68 bits per heavy atom. The summed E-state index contributed by atoms with van der Waals surface area (Å²) < 4.78 is 3.11. The molecule has 2 aromatic carbocycles. The predicted molar refractivity (Wildman–Crippen MR) is 145 cm³/mol. The molecule has 0 radical (unpaired) electrons. The number of rotatable bonds is 10. The van der Waals surface area contributed by atoms with Crippen molar-refractivity contribution in [3.8, 4) is 0 Å². The van der Waals surface area contributed by atoms with E-state index < -0.39 is 0 Å². The van der Waals surface area contributed by atoms with E-state index in [0.29, 0.717) is 11.7 Å². The van der Waals surface area contributed by atoms with Crippen LogP contribution in [0.25, 0.3) is 0 Å². The Bertz CT molecular complexity index is 909. The van der Waals surface area contributed by atoms with E-state index >= 15 is 0 Å². The van der Waals surface area contributed by atoms with Crippen LogP contribution in [0.15, 0.2) is 53.4 Å². The molecule has 2 heterocycles. The van der Waals surface area contributed by atoms with E-state index in [1.165, 1.54) is 10.6 Å². The molecule has 2 aromatic rings. The van der Waals surface area contributed by atoms with Gasteiger partial charge in [0.1, 0.15) is 5.78 Å². The molecule has 1 N–H and O–H groups in total. The molecule has 184 valence electrons. The average molecular weight is 501 g/mol. The van der Waals surface area contributed by atoms with Crippen molar-refractivity contribution in [2.24, 2.45) is 5.92 Å². The number of benzene rings is 2. The van der Waals surface area contributed by atoms with E-state index in [4.69, 9.17) is 11.6 Å². The van der Waals surface area contributed by atoms with Crippen LogP contribution in [0.4, 0.5) is 11.4 Å².